The summed E-state index contributed by atoms with van der Waals surface area (Å²) in [6.07, 6.45) is 5.38. The maximum absolute atomic E-state index is 3.68. The van der Waals surface area contributed by atoms with E-state index in [9.17, 15) is 0 Å². The third-order valence-corrected chi connectivity index (χ3v) is 5.24. The number of halogens is 1. The first-order valence-corrected chi connectivity index (χ1v) is 8.44. The van der Waals surface area contributed by atoms with E-state index in [1.54, 1.807) is 0 Å². The Balaban J connectivity index is 1.91. The molecule has 2 rings (SSSR count). The normalized spacial score (nSPS) is 26.9. The van der Waals surface area contributed by atoms with Crippen molar-refractivity contribution >= 4 is 15.9 Å². The van der Waals surface area contributed by atoms with Crippen LogP contribution in [0.15, 0.2) is 28.7 Å². The fourth-order valence-electron chi connectivity index (χ4n) is 3.40. The lowest BCUT2D eigenvalue weighted by molar-refractivity contribution is 0.0749. The summed E-state index contributed by atoms with van der Waals surface area (Å²) in [4.78, 5) is 2.44. The lowest BCUT2D eigenvalue weighted by Crippen LogP contribution is -2.54. The van der Waals surface area contributed by atoms with Crippen LogP contribution in [0.3, 0.4) is 0 Å². The molecular formula is C17H27BrN2. The molecule has 1 aliphatic carbocycles. The van der Waals surface area contributed by atoms with Crippen LogP contribution in [0.2, 0.25) is 0 Å². The molecule has 20 heavy (non-hydrogen) atoms. The molecule has 1 aliphatic rings. The van der Waals surface area contributed by atoms with Crippen LogP contribution in [-0.2, 0) is 6.54 Å². The van der Waals surface area contributed by atoms with Crippen molar-refractivity contribution in [1.82, 2.24) is 10.2 Å². The predicted molar refractivity (Wildman–Crippen MR) is 89.9 cm³/mol. The molecule has 2 nitrogen and oxygen atoms in total. The highest BCUT2D eigenvalue weighted by Gasteiger charge is 2.36. The first-order chi connectivity index (χ1) is 9.52. The number of hydrogen-bond donors (Lipinski definition) is 1. The number of benzene rings is 1. The van der Waals surface area contributed by atoms with Gasteiger partial charge in [-0.25, -0.2) is 0 Å². The van der Waals surface area contributed by atoms with Crippen LogP contribution in [0.25, 0.3) is 0 Å². The van der Waals surface area contributed by atoms with Crippen LogP contribution in [0.5, 0.6) is 0 Å². The van der Waals surface area contributed by atoms with Crippen molar-refractivity contribution in [1.29, 1.82) is 0 Å². The summed E-state index contributed by atoms with van der Waals surface area (Å²) >= 11 is 3.48. The summed E-state index contributed by atoms with van der Waals surface area (Å²) in [7, 11) is 4.47. The molecule has 1 aromatic rings. The second-order valence-corrected chi connectivity index (χ2v) is 7.47. The minimum atomic E-state index is 0.340. The van der Waals surface area contributed by atoms with Crippen LogP contribution in [0, 0.1) is 5.92 Å². The molecular weight excluding hydrogens is 312 g/mol. The molecule has 0 aromatic heterocycles. The van der Waals surface area contributed by atoms with Crippen molar-refractivity contribution in [2.75, 3.05) is 20.6 Å². The topological polar surface area (TPSA) is 15.3 Å². The molecule has 0 bridgehead atoms. The summed E-state index contributed by atoms with van der Waals surface area (Å²) in [5.41, 5.74) is 1.69. The van der Waals surface area contributed by atoms with E-state index in [1.807, 2.05) is 0 Å². The molecule has 3 heteroatoms. The summed E-state index contributed by atoms with van der Waals surface area (Å²) in [6.45, 7) is 4.43. The Labute approximate surface area is 132 Å². The largest absolute Gasteiger partial charge is 0.311 e. The van der Waals surface area contributed by atoms with Crippen molar-refractivity contribution < 1.29 is 0 Å². The summed E-state index contributed by atoms with van der Waals surface area (Å²) < 4.78 is 1.15. The van der Waals surface area contributed by atoms with E-state index in [0.717, 1.165) is 23.5 Å². The van der Waals surface area contributed by atoms with Crippen LogP contribution in [0.4, 0.5) is 0 Å². The fourth-order valence-corrected chi connectivity index (χ4v) is 3.66. The van der Waals surface area contributed by atoms with Gasteiger partial charge >= 0.3 is 0 Å². The minimum Gasteiger partial charge on any atom is -0.311 e. The Kier molecular flexibility index (Phi) is 5.65. The van der Waals surface area contributed by atoms with E-state index >= 15 is 0 Å². The van der Waals surface area contributed by atoms with Gasteiger partial charge < -0.3 is 10.2 Å². The zero-order chi connectivity index (χ0) is 14.6. The molecule has 1 fully saturated rings. The Bertz CT molecular complexity index is 416. The highest BCUT2D eigenvalue weighted by atomic mass is 79.9. The van der Waals surface area contributed by atoms with Gasteiger partial charge in [0.05, 0.1) is 0 Å². The van der Waals surface area contributed by atoms with Gasteiger partial charge in [0.1, 0.15) is 0 Å². The van der Waals surface area contributed by atoms with Gasteiger partial charge in [-0.15, -0.1) is 0 Å². The SMILES string of the molecule is CC1CCCC(CNCc2ccc(Br)cc2)(N(C)C)C1. The number of nitrogens with one attached hydrogen (secondary N) is 1. The molecule has 1 aromatic carbocycles. The van der Waals surface area contributed by atoms with E-state index in [4.69, 9.17) is 0 Å². The zero-order valence-electron chi connectivity index (χ0n) is 13.0. The van der Waals surface area contributed by atoms with Crippen molar-refractivity contribution in [3.05, 3.63) is 34.3 Å². The third kappa shape index (κ3) is 4.06. The summed E-state index contributed by atoms with van der Waals surface area (Å²) in [5, 5.41) is 3.68. The fraction of sp³-hybridized carbons (Fsp3) is 0.647. The number of likely N-dealkylation sites (N-methyl/N-ethyl adjacent to an activating group) is 1. The van der Waals surface area contributed by atoms with Crippen molar-refractivity contribution in [2.24, 2.45) is 5.92 Å². The van der Waals surface area contributed by atoms with Gasteiger partial charge in [-0.2, -0.15) is 0 Å². The van der Waals surface area contributed by atoms with Crippen molar-refractivity contribution in [2.45, 2.75) is 44.7 Å². The first-order valence-electron chi connectivity index (χ1n) is 7.64. The quantitative estimate of drug-likeness (QED) is 0.871. The van der Waals surface area contributed by atoms with E-state index in [-0.39, 0.29) is 0 Å². The van der Waals surface area contributed by atoms with E-state index in [1.165, 1.54) is 31.2 Å². The average Bonchev–Trinajstić information content (AvgIpc) is 2.41. The van der Waals surface area contributed by atoms with Crippen LogP contribution in [0.1, 0.15) is 38.2 Å². The molecule has 2 unspecified atom stereocenters. The van der Waals surface area contributed by atoms with Crippen molar-refractivity contribution in [3.63, 3.8) is 0 Å². The minimum absolute atomic E-state index is 0.340. The molecule has 0 spiro atoms. The zero-order valence-corrected chi connectivity index (χ0v) is 14.5. The third-order valence-electron chi connectivity index (χ3n) is 4.71. The van der Waals surface area contributed by atoms with E-state index in [0.29, 0.717) is 5.54 Å². The molecule has 0 saturated heterocycles. The number of rotatable bonds is 5. The average molecular weight is 339 g/mol. The lowest BCUT2D eigenvalue weighted by atomic mass is 9.75. The summed E-state index contributed by atoms with van der Waals surface area (Å²) in [5.74, 6) is 0.848. The molecule has 0 aliphatic heterocycles. The Hall–Kier alpha value is -0.380. The monoisotopic (exact) mass is 338 g/mol. The van der Waals surface area contributed by atoms with E-state index in [2.05, 4.69) is 71.4 Å². The highest BCUT2D eigenvalue weighted by molar-refractivity contribution is 9.10. The van der Waals surface area contributed by atoms with Gasteiger partial charge in [0.25, 0.3) is 0 Å². The van der Waals surface area contributed by atoms with Crippen LogP contribution >= 0.6 is 15.9 Å². The predicted octanol–water partition coefficient (Wildman–Crippen LogP) is 4.05. The lowest BCUT2D eigenvalue weighted by Gasteiger charge is -2.45. The maximum Gasteiger partial charge on any atom is 0.0330 e. The number of nitrogens with zero attached hydrogens (tertiary/aromatic N) is 1. The van der Waals surface area contributed by atoms with Crippen LogP contribution in [-0.4, -0.2) is 31.1 Å². The van der Waals surface area contributed by atoms with E-state index < -0.39 is 0 Å². The molecule has 1 N–H and O–H groups in total. The Morgan fingerprint density at radius 2 is 2.00 bits per heavy atom. The van der Waals surface area contributed by atoms with Crippen LogP contribution < -0.4 is 5.32 Å². The van der Waals surface area contributed by atoms with Gasteiger partial charge in [-0.05, 0) is 50.6 Å². The Morgan fingerprint density at radius 1 is 1.30 bits per heavy atom. The second kappa shape index (κ2) is 7.06. The smallest absolute Gasteiger partial charge is 0.0330 e. The molecule has 0 amide bonds. The molecule has 112 valence electrons. The number of hydrogen-bond acceptors (Lipinski definition) is 2. The van der Waals surface area contributed by atoms with Gasteiger partial charge in [0.2, 0.25) is 0 Å². The highest BCUT2D eigenvalue weighted by Crippen LogP contribution is 2.35. The summed E-state index contributed by atoms with van der Waals surface area (Å²) in [6, 6.07) is 8.59. The standard InChI is InChI=1S/C17H27BrN2/c1-14-5-4-10-17(11-14,20(2)3)13-19-12-15-6-8-16(18)9-7-15/h6-9,14,19H,4-5,10-13H2,1-3H3. The Morgan fingerprint density at radius 3 is 2.60 bits per heavy atom. The van der Waals surface area contributed by atoms with Gasteiger partial charge in [0, 0.05) is 23.1 Å². The first kappa shape index (κ1) is 16.0. The molecule has 0 heterocycles. The van der Waals surface area contributed by atoms with Gasteiger partial charge in [-0.1, -0.05) is 47.8 Å². The van der Waals surface area contributed by atoms with Gasteiger partial charge in [0.15, 0.2) is 0 Å². The van der Waals surface area contributed by atoms with Gasteiger partial charge in [-0.3, -0.25) is 0 Å². The second-order valence-electron chi connectivity index (χ2n) is 6.55. The maximum atomic E-state index is 3.68. The van der Waals surface area contributed by atoms with Crippen molar-refractivity contribution in [3.8, 4) is 0 Å². The molecule has 1 saturated carbocycles. The molecule has 2 atom stereocenters. The molecule has 0 radical (unpaired) electrons.